The fourth-order valence-corrected chi connectivity index (χ4v) is 2.74. The summed E-state index contributed by atoms with van der Waals surface area (Å²) in [7, 11) is 0. The zero-order valence-electron chi connectivity index (χ0n) is 12.8. The van der Waals surface area contributed by atoms with Crippen molar-refractivity contribution in [2.45, 2.75) is 18.9 Å². The number of phenolic OH excluding ortho intramolecular Hbond substituents is 1. The summed E-state index contributed by atoms with van der Waals surface area (Å²) < 4.78 is 13.8. The third-order valence-corrected chi connectivity index (χ3v) is 3.82. The zero-order valence-corrected chi connectivity index (χ0v) is 14.4. The maximum Gasteiger partial charge on any atom is 0.166 e. The van der Waals surface area contributed by atoms with Crippen LogP contribution in [0.4, 0.5) is 4.39 Å². The Morgan fingerprint density at radius 2 is 2.04 bits per heavy atom. The van der Waals surface area contributed by atoms with E-state index >= 15 is 0 Å². The van der Waals surface area contributed by atoms with Crippen molar-refractivity contribution >= 4 is 24.8 Å². The third-order valence-electron chi connectivity index (χ3n) is 3.82. The predicted molar refractivity (Wildman–Crippen MR) is 93.9 cm³/mol. The number of phenols is 1. The second kappa shape index (κ2) is 10.5. The molecule has 0 bridgehead atoms. The number of piperazine rings is 1. The molecule has 128 valence electrons. The molecular formula is C16H22Cl2FN3O. The van der Waals surface area contributed by atoms with E-state index in [0.29, 0.717) is 5.56 Å². The van der Waals surface area contributed by atoms with Gasteiger partial charge in [-0.3, -0.25) is 4.90 Å². The number of nitriles is 1. The lowest BCUT2D eigenvalue weighted by atomic mass is 9.96. The van der Waals surface area contributed by atoms with Crippen LogP contribution in [0.5, 0.6) is 5.75 Å². The fraction of sp³-hybridized carbons (Fsp3) is 0.438. The minimum atomic E-state index is -0.734. The molecule has 1 aromatic carbocycles. The Bertz CT molecular complexity index is 557. The molecule has 0 radical (unpaired) electrons. The van der Waals surface area contributed by atoms with Crippen LogP contribution in [0, 0.1) is 17.1 Å². The Hall–Kier alpha value is -1.32. The molecule has 4 nitrogen and oxygen atoms in total. The van der Waals surface area contributed by atoms with Gasteiger partial charge in [0, 0.05) is 37.8 Å². The first kappa shape index (κ1) is 21.7. The minimum Gasteiger partial charge on any atom is -0.505 e. The van der Waals surface area contributed by atoms with Crippen molar-refractivity contribution < 1.29 is 9.50 Å². The topological polar surface area (TPSA) is 59.3 Å². The van der Waals surface area contributed by atoms with Crippen molar-refractivity contribution in [3.63, 3.8) is 0 Å². The number of nitrogens with zero attached hydrogens (tertiary/aromatic N) is 2. The van der Waals surface area contributed by atoms with Crippen molar-refractivity contribution in [1.82, 2.24) is 10.2 Å². The lowest BCUT2D eigenvalue weighted by Gasteiger charge is -2.35. The van der Waals surface area contributed by atoms with Gasteiger partial charge in [0.1, 0.15) is 0 Å². The van der Waals surface area contributed by atoms with Crippen molar-refractivity contribution in [2.24, 2.45) is 0 Å². The Morgan fingerprint density at radius 3 is 2.61 bits per heavy atom. The molecule has 2 N–H and O–H groups in total. The van der Waals surface area contributed by atoms with Gasteiger partial charge < -0.3 is 10.4 Å². The van der Waals surface area contributed by atoms with Crippen molar-refractivity contribution in [1.29, 1.82) is 5.26 Å². The monoisotopic (exact) mass is 361 g/mol. The highest BCUT2D eigenvalue weighted by atomic mass is 35.5. The van der Waals surface area contributed by atoms with Gasteiger partial charge in [-0.05, 0) is 25.0 Å². The molecule has 1 saturated heterocycles. The SMILES string of the molecule is C=CCC[C@@H](c1cc(C#N)cc(F)c1O)N1CCNCC1.Cl.Cl. The normalized spacial score (nSPS) is 15.7. The summed E-state index contributed by atoms with van der Waals surface area (Å²) in [4.78, 5) is 2.22. The van der Waals surface area contributed by atoms with Gasteiger partial charge in [-0.2, -0.15) is 5.26 Å². The summed E-state index contributed by atoms with van der Waals surface area (Å²) in [6, 6.07) is 4.51. The van der Waals surface area contributed by atoms with Crippen LogP contribution in [0.3, 0.4) is 0 Å². The Balaban J connectivity index is 0.00000242. The molecular weight excluding hydrogens is 340 g/mol. The summed E-state index contributed by atoms with van der Waals surface area (Å²) in [6.45, 7) is 7.13. The summed E-state index contributed by atoms with van der Waals surface area (Å²) >= 11 is 0. The van der Waals surface area contributed by atoms with E-state index in [4.69, 9.17) is 5.26 Å². The van der Waals surface area contributed by atoms with Crippen molar-refractivity contribution in [2.75, 3.05) is 26.2 Å². The molecule has 0 unspecified atom stereocenters. The van der Waals surface area contributed by atoms with Crippen LogP contribution in [0.25, 0.3) is 0 Å². The summed E-state index contributed by atoms with van der Waals surface area (Å²) in [5, 5.41) is 22.3. The average molecular weight is 362 g/mol. The average Bonchev–Trinajstić information content (AvgIpc) is 2.52. The number of hydrogen-bond donors (Lipinski definition) is 2. The number of aromatic hydroxyl groups is 1. The highest BCUT2D eigenvalue weighted by Gasteiger charge is 2.25. The molecule has 1 aliphatic rings. The van der Waals surface area contributed by atoms with Crippen LogP contribution >= 0.6 is 24.8 Å². The zero-order chi connectivity index (χ0) is 15.2. The van der Waals surface area contributed by atoms with Crippen molar-refractivity contribution in [3.05, 3.63) is 41.7 Å². The molecule has 0 aromatic heterocycles. The first-order valence-electron chi connectivity index (χ1n) is 7.15. The first-order chi connectivity index (χ1) is 10.2. The molecule has 0 aliphatic carbocycles. The van der Waals surface area contributed by atoms with Crippen LogP contribution in [-0.2, 0) is 0 Å². The molecule has 0 saturated carbocycles. The first-order valence-corrected chi connectivity index (χ1v) is 7.15. The van der Waals surface area contributed by atoms with Gasteiger partial charge in [0.2, 0.25) is 0 Å². The molecule has 7 heteroatoms. The highest BCUT2D eigenvalue weighted by molar-refractivity contribution is 5.85. The molecule has 1 heterocycles. The Kier molecular flexibility index (Phi) is 9.85. The van der Waals surface area contributed by atoms with E-state index in [-0.39, 0.29) is 42.2 Å². The molecule has 0 amide bonds. The second-order valence-electron chi connectivity index (χ2n) is 5.18. The lowest BCUT2D eigenvalue weighted by Crippen LogP contribution is -2.45. The second-order valence-corrected chi connectivity index (χ2v) is 5.18. The van der Waals surface area contributed by atoms with Gasteiger partial charge in [-0.15, -0.1) is 31.4 Å². The maximum absolute atomic E-state index is 13.8. The number of halogens is 3. The van der Waals surface area contributed by atoms with Crippen LogP contribution in [0.15, 0.2) is 24.8 Å². The third kappa shape index (κ3) is 5.36. The van der Waals surface area contributed by atoms with Crippen LogP contribution in [0.1, 0.15) is 30.0 Å². The van der Waals surface area contributed by atoms with Gasteiger partial charge in [-0.25, -0.2) is 4.39 Å². The van der Waals surface area contributed by atoms with Crippen LogP contribution in [0.2, 0.25) is 0 Å². The Morgan fingerprint density at radius 1 is 1.39 bits per heavy atom. The summed E-state index contributed by atoms with van der Waals surface area (Å²) in [5.41, 5.74) is 0.731. The number of nitrogens with one attached hydrogen (secondary N) is 1. The van der Waals surface area contributed by atoms with Gasteiger partial charge in [0.25, 0.3) is 0 Å². The molecule has 1 aromatic rings. The molecule has 0 spiro atoms. The van der Waals surface area contributed by atoms with Gasteiger partial charge in [0.05, 0.1) is 11.6 Å². The smallest absolute Gasteiger partial charge is 0.166 e. The molecule has 1 aliphatic heterocycles. The summed E-state index contributed by atoms with van der Waals surface area (Å²) in [6.07, 6.45) is 3.33. The van der Waals surface area contributed by atoms with E-state index < -0.39 is 5.82 Å². The maximum atomic E-state index is 13.8. The molecule has 2 rings (SSSR count). The predicted octanol–water partition coefficient (Wildman–Crippen LogP) is 3.16. The largest absolute Gasteiger partial charge is 0.505 e. The van der Waals surface area contributed by atoms with E-state index in [0.717, 1.165) is 45.1 Å². The fourth-order valence-electron chi connectivity index (χ4n) is 2.74. The van der Waals surface area contributed by atoms with Crippen molar-refractivity contribution in [3.8, 4) is 11.8 Å². The lowest BCUT2D eigenvalue weighted by molar-refractivity contribution is 0.163. The number of rotatable bonds is 5. The number of benzene rings is 1. The minimum absolute atomic E-state index is 0. The van der Waals surface area contributed by atoms with E-state index in [9.17, 15) is 9.50 Å². The number of allylic oxidation sites excluding steroid dienone is 1. The number of hydrogen-bond acceptors (Lipinski definition) is 4. The standard InChI is InChI=1S/C16H20FN3O.2ClH/c1-2-3-4-15(20-7-5-19-6-8-20)13-9-12(11-18)10-14(17)16(13)21;;/h2,9-10,15,19,21H,1,3-8H2;2*1H/t15-;;/m0../s1. The highest BCUT2D eigenvalue weighted by Crippen LogP contribution is 2.35. The van der Waals surface area contributed by atoms with E-state index in [1.165, 1.54) is 0 Å². The molecule has 1 atom stereocenters. The van der Waals surface area contributed by atoms with Crippen LogP contribution in [-0.4, -0.2) is 36.2 Å². The summed E-state index contributed by atoms with van der Waals surface area (Å²) in [5.74, 6) is -1.08. The van der Waals surface area contributed by atoms with E-state index in [2.05, 4.69) is 16.8 Å². The van der Waals surface area contributed by atoms with Gasteiger partial charge in [0.15, 0.2) is 11.6 Å². The van der Waals surface area contributed by atoms with E-state index in [1.54, 1.807) is 6.07 Å². The molecule has 23 heavy (non-hydrogen) atoms. The molecule has 1 fully saturated rings. The van der Waals surface area contributed by atoms with Crippen LogP contribution < -0.4 is 5.32 Å². The Labute approximate surface area is 148 Å². The van der Waals surface area contributed by atoms with E-state index in [1.807, 2.05) is 12.1 Å². The quantitative estimate of drug-likeness (QED) is 0.790. The van der Waals surface area contributed by atoms with Gasteiger partial charge in [-0.1, -0.05) is 6.08 Å². The van der Waals surface area contributed by atoms with Gasteiger partial charge >= 0.3 is 0 Å².